The summed E-state index contributed by atoms with van der Waals surface area (Å²) in [6, 6.07) is 14.0. The van der Waals surface area contributed by atoms with Crippen molar-refractivity contribution in [2.45, 2.75) is 19.8 Å². The summed E-state index contributed by atoms with van der Waals surface area (Å²) >= 11 is 6.06. The monoisotopic (exact) mass is 358 g/mol. The number of benzene rings is 2. The topological polar surface area (TPSA) is 67.4 Å². The van der Waals surface area contributed by atoms with E-state index < -0.39 is 5.41 Å². The fourth-order valence-electron chi connectivity index (χ4n) is 2.54. The SMILES string of the molecule is CCOc1ccc(NC(=O)C2(C(=O)Nc3ccccc3Cl)CC2)cc1. The van der Waals surface area contributed by atoms with E-state index in [4.69, 9.17) is 16.3 Å². The van der Waals surface area contributed by atoms with Gasteiger partial charge in [0.2, 0.25) is 11.8 Å². The molecule has 0 bridgehead atoms. The molecular formula is C19H19ClN2O3. The molecule has 1 saturated carbocycles. The number of hydrogen-bond donors (Lipinski definition) is 2. The van der Waals surface area contributed by atoms with Crippen LogP contribution in [0.5, 0.6) is 5.75 Å². The third-order valence-electron chi connectivity index (χ3n) is 4.16. The van der Waals surface area contributed by atoms with Crippen molar-refractivity contribution in [1.29, 1.82) is 0 Å². The van der Waals surface area contributed by atoms with Crippen LogP contribution in [-0.2, 0) is 9.59 Å². The van der Waals surface area contributed by atoms with Gasteiger partial charge in [-0.25, -0.2) is 0 Å². The van der Waals surface area contributed by atoms with E-state index in [1.807, 2.05) is 6.92 Å². The molecule has 1 aliphatic rings. The Morgan fingerprint density at radius 1 is 1.04 bits per heavy atom. The molecule has 0 unspecified atom stereocenters. The summed E-state index contributed by atoms with van der Waals surface area (Å²) in [5.41, 5.74) is 0.109. The van der Waals surface area contributed by atoms with Crippen molar-refractivity contribution < 1.29 is 14.3 Å². The quantitative estimate of drug-likeness (QED) is 0.764. The van der Waals surface area contributed by atoms with E-state index in [-0.39, 0.29) is 11.8 Å². The average molecular weight is 359 g/mol. The molecular weight excluding hydrogens is 340 g/mol. The zero-order valence-electron chi connectivity index (χ0n) is 13.8. The predicted octanol–water partition coefficient (Wildman–Crippen LogP) is 4.10. The lowest BCUT2D eigenvalue weighted by molar-refractivity contribution is -0.131. The lowest BCUT2D eigenvalue weighted by Crippen LogP contribution is -2.35. The third kappa shape index (κ3) is 3.77. The molecule has 2 amide bonds. The number of carbonyl (C=O) groups excluding carboxylic acids is 2. The van der Waals surface area contributed by atoms with Gasteiger partial charge in [-0.1, -0.05) is 23.7 Å². The summed E-state index contributed by atoms with van der Waals surface area (Å²) in [6.45, 7) is 2.49. The molecule has 25 heavy (non-hydrogen) atoms. The fraction of sp³-hybridized carbons (Fsp3) is 0.263. The number of rotatable bonds is 6. The maximum absolute atomic E-state index is 12.6. The first-order valence-electron chi connectivity index (χ1n) is 8.15. The minimum Gasteiger partial charge on any atom is -0.494 e. The highest BCUT2D eigenvalue weighted by Crippen LogP contribution is 2.47. The zero-order valence-corrected chi connectivity index (χ0v) is 14.6. The molecule has 0 saturated heterocycles. The van der Waals surface area contributed by atoms with Crippen molar-refractivity contribution in [3.05, 3.63) is 53.6 Å². The number of para-hydroxylation sites is 1. The first-order chi connectivity index (χ1) is 12.0. The normalized spacial score (nSPS) is 14.5. The van der Waals surface area contributed by atoms with Crippen LogP contribution in [0.15, 0.2) is 48.5 Å². The van der Waals surface area contributed by atoms with Gasteiger partial charge in [0.1, 0.15) is 11.2 Å². The lowest BCUT2D eigenvalue weighted by Gasteiger charge is -2.16. The Bertz CT molecular complexity index is 786. The highest BCUT2D eigenvalue weighted by atomic mass is 35.5. The van der Waals surface area contributed by atoms with E-state index in [0.29, 0.717) is 35.8 Å². The Morgan fingerprint density at radius 3 is 2.28 bits per heavy atom. The van der Waals surface area contributed by atoms with Gasteiger partial charge in [-0.05, 0) is 56.2 Å². The zero-order chi connectivity index (χ0) is 17.9. The Kier molecular flexibility index (Phi) is 4.95. The Hall–Kier alpha value is -2.53. The van der Waals surface area contributed by atoms with Crippen LogP contribution in [0.1, 0.15) is 19.8 Å². The summed E-state index contributed by atoms with van der Waals surface area (Å²) in [6.07, 6.45) is 1.04. The van der Waals surface area contributed by atoms with Crippen LogP contribution in [0.4, 0.5) is 11.4 Å². The molecule has 6 heteroatoms. The third-order valence-corrected chi connectivity index (χ3v) is 4.49. The molecule has 1 fully saturated rings. The van der Waals surface area contributed by atoms with Crippen LogP contribution >= 0.6 is 11.6 Å². The van der Waals surface area contributed by atoms with E-state index in [2.05, 4.69) is 10.6 Å². The first kappa shape index (κ1) is 17.3. The Morgan fingerprint density at radius 2 is 1.68 bits per heavy atom. The van der Waals surface area contributed by atoms with Gasteiger partial charge in [-0.15, -0.1) is 0 Å². The molecule has 2 N–H and O–H groups in total. The molecule has 3 rings (SSSR count). The molecule has 2 aromatic carbocycles. The maximum atomic E-state index is 12.6. The van der Waals surface area contributed by atoms with Gasteiger partial charge in [0.05, 0.1) is 17.3 Å². The van der Waals surface area contributed by atoms with Crippen LogP contribution in [0.2, 0.25) is 5.02 Å². The smallest absolute Gasteiger partial charge is 0.240 e. The van der Waals surface area contributed by atoms with Crippen LogP contribution in [0.3, 0.4) is 0 Å². The van der Waals surface area contributed by atoms with E-state index in [1.54, 1.807) is 48.5 Å². The molecule has 0 radical (unpaired) electrons. The van der Waals surface area contributed by atoms with Crippen molar-refractivity contribution in [3.63, 3.8) is 0 Å². The summed E-state index contributed by atoms with van der Waals surface area (Å²) in [7, 11) is 0. The van der Waals surface area contributed by atoms with Crippen molar-refractivity contribution in [2.75, 3.05) is 17.2 Å². The predicted molar refractivity (Wildman–Crippen MR) is 98.0 cm³/mol. The standard InChI is InChI=1S/C19H19ClN2O3/c1-2-25-14-9-7-13(8-10-14)21-17(23)19(11-12-19)18(24)22-16-6-4-3-5-15(16)20/h3-10H,2,11-12H2,1H3,(H,21,23)(H,22,24). The molecule has 0 heterocycles. The van der Waals surface area contributed by atoms with Gasteiger partial charge in [0.15, 0.2) is 0 Å². The summed E-state index contributed by atoms with van der Waals surface area (Å²) in [5, 5.41) is 6.00. The highest BCUT2D eigenvalue weighted by molar-refractivity contribution is 6.34. The Labute approximate surface area is 151 Å². The molecule has 0 atom stereocenters. The number of nitrogens with one attached hydrogen (secondary N) is 2. The van der Waals surface area contributed by atoms with Gasteiger partial charge in [-0.2, -0.15) is 0 Å². The number of hydrogen-bond acceptors (Lipinski definition) is 3. The van der Waals surface area contributed by atoms with Crippen LogP contribution in [0, 0.1) is 5.41 Å². The number of carbonyl (C=O) groups is 2. The van der Waals surface area contributed by atoms with Gasteiger partial charge in [0, 0.05) is 5.69 Å². The minimum atomic E-state index is -1.03. The molecule has 5 nitrogen and oxygen atoms in total. The minimum absolute atomic E-state index is 0.304. The molecule has 0 aliphatic heterocycles. The van der Waals surface area contributed by atoms with Crippen LogP contribution in [0.25, 0.3) is 0 Å². The molecule has 2 aromatic rings. The summed E-state index contributed by atoms with van der Waals surface area (Å²) in [4.78, 5) is 25.2. The number of ether oxygens (including phenoxy) is 1. The second-order valence-corrected chi connectivity index (χ2v) is 6.33. The van der Waals surface area contributed by atoms with E-state index in [9.17, 15) is 9.59 Å². The van der Waals surface area contributed by atoms with Gasteiger partial charge >= 0.3 is 0 Å². The van der Waals surface area contributed by atoms with Crippen molar-refractivity contribution >= 4 is 34.8 Å². The molecule has 1 aliphatic carbocycles. The van der Waals surface area contributed by atoms with Crippen molar-refractivity contribution in [1.82, 2.24) is 0 Å². The van der Waals surface area contributed by atoms with Crippen LogP contribution < -0.4 is 15.4 Å². The number of halogens is 1. The summed E-state index contributed by atoms with van der Waals surface area (Å²) in [5.74, 6) is 0.100. The van der Waals surface area contributed by atoms with Crippen LogP contribution in [-0.4, -0.2) is 18.4 Å². The largest absolute Gasteiger partial charge is 0.494 e. The Balaban J connectivity index is 1.66. The second-order valence-electron chi connectivity index (χ2n) is 5.93. The van der Waals surface area contributed by atoms with Gasteiger partial charge in [-0.3, -0.25) is 9.59 Å². The molecule has 0 aromatic heterocycles. The molecule has 0 spiro atoms. The summed E-state index contributed by atoms with van der Waals surface area (Å²) < 4.78 is 5.37. The van der Waals surface area contributed by atoms with E-state index in [1.165, 1.54) is 0 Å². The van der Waals surface area contributed by atoms with E-state index in [0.717, 1.165) is 5.75 Å². The lowest BCUT2D eigenvalue weighted by atomic mass is 10.0. The van der Waals surface area contributed by atoms with Gasteiger partial charge in [0.25, 0.3) is 0 Å². The first-order valence-corrected chi connectivity index (χ1v) is 8.53. The van der Waals surface area contributed by atoms with Crippen molar-refractivity contribution in [2.24, 2.45) is 5.41 Å². The number of anilines is 2. The second kappa shape index (κ2) is 7.15. The highest BCUT2D eigenvalue weighted by Gasteiger charge is 2.56. The maximum Gasteiger partial charge on any atom is 0.240 e. The van der Waals surface area contributed by atoms with Gasteiger partial charge < -0.3 is 15.4 Å². The van der Waals surface area contributed by atoms with Crippen molar-refractivity contribution in [3.8, 4) is 5.75 Å². The average Bonchev–Trinajstić information content (AvgIpc) is 3.41. The molecule has 130 valence electrons. The number of amides is 2. The van der Waals surface area contributed by atoms with E-state index >= 15 is 0 Å². The fourth-order valence-corrected chi connectivity index (χ4v) is 2.72.